The van der Waals surface area contributed by atoms with Gasteiger partial charge in [0, 0.05) is 5.39 Å². The molecule has 0 bridgehead atoms. The number of nitrogens with one attached hydrogen (secondary N) is 1. The number of H-pyrrole nitrogens is 1. The average Bonchev–Trinajstić information content (AvgIpc) is 3.03. The fourth-order valence-corrected chi connectivity index (χ4v) is 3.03. The summed E-state index contributed by atoms with van der Waals surface area (Å²) < 4.78 is 0. The lowest BCUT2D eigenvalue weighted by Crippen LogP contribution is -2.16. The molecule has 1 aromatic heterocycles. The Balaban J connectivity index is 1.62. The van der Waals surface area contributed by atoms with Crippen molar-refractivity contribution in [1.82, 2.24) is 15.1 Å². The zero-order valence-electron chi connectivity index (χ0n) is 15.4. The smallest absolute Gasteiger partial charge is 0.0927 e. The molecule has 0 aliphatic heterocycles. The molecular weight excluding hydrogens is 306 g/mol. The normalized spacial score (nSPS) is 13.1. The molecule has 0 aliphatic carbocycles. The highest BCUT2D eigenvalue weighted by Gasteiger charge is 2.05. The van der Waals surface area contributed by atoms with E-state index in [2.05, 4.69) is 78.6 Å². The molecule has 3 aromatic rings. The Morgan fingerprint density at radius 3 is 2.56 bits per heavy atom. The Morgan fingerprint density at radius 2 is 1.80 bits per heavy atom. The van der Waals surface area contributed by atoms with E-state index in [-0.39, 0.29) is 0 Å². The highest BCUT2D eigenvalue weighted by molar-refractivity contribution is 5.89. The Morgan fingerprint density at radius 1 is 1.04 bits per heavy atom. The van der Waals surface area contributed by atoms with Gasteiger partial charge in [-0.15, -0.1) is 0 Å². The minimum atomic E-state index is 0.708. The van der Waals surface area contributed by atoms with Crippen molar-refractivity contribution in [3.8, 4) is 0 Å². The molecule has 0 saturated heterocycles. The monoisotopic (exact) mass is 333 g/mol. The van der Waals surface area contributed by atoms with Crippen molar-refractivity contribution >= 4 is 23.1 Å². The second kappa shape index (κ2) is 8.13. The first-order chi connectivity index (χ1) is 12.1. The Bertz CT molecular complexity index is 828. The molecule has 1 unspecified atom stereocenters. The summed E-state index contributed by atoms with van der Waals surface area (Å²) >= 11 is 0. The van der Waals surface area contributed by atoms with Crippen molar-refractivity contribution < 1.29 is 0 Å². The van der Waals surface area contributed by atoms with E-state index in [1.165, 1.54) is 17.5 Å². The summed E-state index contributed by atoms with van der Waals surface area (Å²) in [6.07, 6.45) is 6.58. The summed E-state index contributed by atoms with van der Waals surface area (Å²) in [4.78, 5) is 2.25. The molecule has 0 amide bonds. The molecule has 3 heteroatoms. The summed E-state index contributed by atoms with van der Waals surface area (Å²) in [5, 5.41) is 8.61. The van der Waals surface area contributed by atoms with Crippen LogP contribution in [0, 0.1) is 5.92 Å². The molecule has 1 heterocycles. The van der Waals surface area contributed by atoms with Crippen molar-refractivity contribution in [2.24, 2.45) is 5.92 Å². The number of hydrogen-bond acceptors (Lipinski definition) is 2. The van der Waals surface area contributed by atoms with Crippen LogP contribution in [-0.2, 0) is 6.42 Å². The summed E-state index contributed by atoms with van der Waals surface area (Å²) in [6, 6.07) is 17.1. The molecule has 0 saturated carbocycles. The van der Waals surface area contributed by atoms with Gasteiger partial charge in [-0.1, -0.05) is 55.5 Å². The van der Waals surface area contributed by atoms with Gasteiger partial charge in [-0.05, 0) is 62.7 Å². The van der Waals surface area contributed by atoms with Crippen molar-refractivity contribution in [2.75, 3.05) is 20.6 Å². The summed E-state index contributed by atoms with van der Waals surface area (Å²) in [5.74, 6) is 0.708. The number of para-hydroxylation sites is 1. The Kier molecular flexibility index (Phi) is 5.67. The standard InChI is InChI=1S/C22H27N3/c1-17(14-15-25(2)3)16-19-10-8-18(9-11-19)12-13-22-20-6-4-5-7-21(20)23-24-22/h4-13,17H,14-16H2,1-3H3,(H,23,24)/b13-12+. The van der Waals surface area contributed by atoms with Gasteiger partial charge >= 0.3 is 0 Å². The minimum absolute atomic E-state index is 0.708. The average molecular weight is 333 g/mol. The quantitative estimate of drug-likeness (QED) is 0.669. The lowest BCUT2D eigenvalue weighted by molar-refractivity contribution is 0.359. The lowest BCUT2D eigenvalue weighted by atomic mass is 9.97. The first kappa shape index (κ1) is 17.4. The van der Waals surface area contributed by atoms with Gasteiger partial charge in [0.2, 0.25) is 0 Å². The molecular formula is C22H27N3. The zero-order chi connectivity index (χ0) is 17.6. The maximum atomic E-state index is 4.39. The number of aromatic nitrogens is 2. The van der Waals surface area contributed by atoms with E-state index in [0.717, 1.165) is 29.6 Å². The van der Waals surface area contributed by atoms with Crippen LogP contribution in [0.15, 0.2) is 48.5 Å². The molecule has 130 valence electrons. The van der Waals surface area contributed by atoms with Gasteiger partial charge in [0.15, 0.2) is 0 Å². The largest absolute Gasteiger partial charge is 0.309 e. The fraction of sp³-hybridized carbons (Fsp3) is 0.318. The molecule has 25 heavy (non-hydrogen) atoms. The van der Waals surface area contributed by atoms with E-state index in [1.54, 1.807) is 0 Å². The number of hydrogen-bond donors (Lipinski definition) is 1. The number of nitrogens with zero attached hydrogens (tertiary/aromatic N) is 2. The summed E-state index contributed by atoms with van der Waals surface area (Å²) in [7, 11) is 4.27. The number of fused-ring (bicyclic) bond motifs is 1. The highest BCUT2D eigenvalue weighted by Crippen LogP contribution is 2.18. The SMILES string of the molecule is CC(CCN(C)C)Cc1ccc(/C=C/c2n[nH]c3ccccc23)cc1. The third-order valence-electron chi connectivity index (χ3n) is 4.57. The molecule has 0 spiro atoms. The van der Waals surface area contributed by atoms with E-state index in [1.807, 2.05) is 18.2 Å². The van der Waals surface area contributed by atoms with Crippen molar-refractivity contribution in [2.45, 2.75) is 19.8 Å². The maximum Gasteiger partial charge on any atom is 0.0927 e. The molecule has 2 aromatic carbocycles. The molecule has 3 rings (SSSR count). The van der Waals surface area contributed by atoms with E-state index in [4.69, 9.17) is 0 Å². The van der Waals surface area contributed by atoms with E-state index < -0.39 is 0 Å². The first-order valence-corrected chi connectivity index (χ1v) is 8.96. The number of rotatable bonds is 7. The second-order valence-electron chi connectivity index (χ2n) is 7.13. The topological polar surface area (TPSA) is 31.9 Å². The van der Waals surface area contributed by atoms with Crippen LogP contribution in [0.5, 0.6) is 0 Å². The van der Waals surface area contributed by atoms with Crippen molar-refractivity contribution in [3.63, 3.8) is 0 Å². The number of aromatic amines is 1. The van der Waals surface area contributed by atoms with Crippen LogP contribution in [0.25, 0.3) is 23.1 Å². The third-order valence-corrected chi connectivity index (χ3v) is 4.57. The molecule has 0 fully saturated rings. The number of benzene rings is 2. The zero-order valence-corrected chi connectivity index (χ0v) is 15.4. The predicted molar refractivity (Wildman–Crippen MR) is 108 cm³/mol. The van der Waals surface area contributed by atoms with Gasteiger partial charge < -0.3 is 4.90 Å². The lowest BCUT2D eigenvalue weighted by Gasteiger charge is -2.15. The Labute approximate surface area is 150 Å². The first-order valence-electron chi connectivity index (χ1n) is 8.96. The van der Waals surface area contributed by atoms with E-state index in [0.29, 0.717) is 5.92 Å². The predicted octanol–water partition coefficient (Wildman–Crippen LogP) is 4.86. The van der Waals surface area contributed by atoms with Crippen LogP contribution < -0.4 is 0 Å². The van der Waals surface area contributed by atoms with Crippen LogP contribution in [0.3, 0.4) is 0 Å². The van der Waals surface area contributed by atoms with Crippen LogP contribution in [0.4, 0.5) is 0 Å². The van der Waals surface area contributed by atoms with Crippen LogP contribution in [0.2, 0.25) is 0 Å². The fourth-order valence-electron chi connectivity index (χ4n) is 3.03. The highest BCUT2D eigenvalue weighted by atomic mass is 15.1. The molecule has 1 atom stereocenters. The van der Waals surface area contributed by atoms with Crippen molar-refractivity contribution in [3.05, 3.63) is 65.4 Å². The second-order valence-corrected chi connectivity index (χ2v) is 7.13. The Hall–Kier alpha value is -2.39. The van der Waals surface area contributed by atoms with Gasteiger partial charge in [0.25, 0.3) is 0 Å². The maximum absolute atomic E-state index is 4.39. The van der Waals surface area contributed by atoms with Gasteiger partial charge in [-0.25, -0.2) is 0 Å². The summed E-state index contributed by atoms with van der Waals surface area (Å²) in [6.45, 7) is 3.49. The molecule has 0 aliphatic rings. The molecule has 1 N–H and O–H groups in total. The van der Waals surface area contributed by atoms with Crippen molar-refractivity contribution in [1.29, 1.82) is 0 Å². The van der Waals surface area contributed by atoms with Crippen LogP contribution in [0.1, 0.15) is 30.2 Å². The summed E-state index contributed by atoms with van der Waals surface area (Å²) in [5.41, 5.74) is 4.67. The van der Waals surface area contributed by atoms with Gasteiger partial charge in [0.05, 0.1) is 11.2 Å². The van der Waals surface area contributed by atoms with Crippen LogP contribution >= 0.6 is 0 Å². The van der Waals surface area contributed by atoms with Crippen LogP contribution in [-0.4, -0.2) is 35.7 Å². The van der Waals surface area contributed by atoms with Gasteiger partial charge in [-0.3, -0.25) is 5.10 Å². The third kappa shape index (κ3) is 4.80. The molecule has 3 nitrogen and oxygen atoms in total. The van der Waals surface area contributed by atoms with Gasteiger partial charge in [0.1, 0.15) is 0 Å². The van der Waals surface area contributed by atoms with E-state index >= 15 is 0 Å². The molecule has 0 radical (unpaired) electrons. The van der Waals surface area contributed by atoms with Gasteiger partial charge in [-0.2, -0.15) is 5.10 Å². The van der Waals surface area contributed by atoms with E-state index in [9.17, 15) is 0 Å². The minimum Gasteiger partial charge on any atom is -0.309 e.